The highest BCUT2D eigenvalue weighted by atomic mass is 16.4. The molecule has 0 aliphatic carbocycles. The summed E-state index contributed by atoms with van der Waals surface area (Å²) in [5.74, 6) is 0.0893. The first kappa shape index (κ1) is 14.1. The number of aliphatic hydroxyl groups is 2. The second kappa shape index (κ2) is 5.16. The van der Waals surface area contributed by atoms with E-state index < -0.39 is 12.2 Å². The van der Waals surface area contributed by atoms with Crippen molar-refractivity contribution < 1.29 is 19.4 Å². The van der Waals surface area contributed by atoms with Crippen LogP contribution in [0, 0.1) is 13.8 Å². The number of aryl methyl sites for hydroxylation is 2. The third-order valence-electron chi connectivity index (χ3n) is 4.12. The van der Waals surface area contributed by atoms with E-state index in [2.05, 4.69) is 0 Å². The molecule has 2 atom stereocenters. The number of piperidine rings is 1. The van der Waals surface area contributed by atoms with E-state index in [0.717, 1.165) is 16.5 Å². The molecule has 5 heteroatoms. The Labute approximate surface area is 122 Å². The molecule has 0 unspecified atom stereocenters. The quantitative estimate of drug-likeness (QED) is 0.836. The average Bonchev–Trinajstić information content (AvgIpc) is 2.77. The molecule has 1 aliphatic heterocycles. The predicted molar refractivity (Wildman–Crippen MR) is 78.2 cm³/mol. The fourth-order valence-electron chi connectivity index (χ4n) is 2.78. The molecule has 0 spiro atoms. The van der Waals surface area contributed by atoms with Crippen molar-refractivity contribution in [2.75, 3.05) is 13.1 Å². The molecule has 0 saturated carbocycles. The SMILES string of the molecule is Cc1ccc2c(C)c(C(=O)N3CC[C@H](O)[C@@H](O)C3)oc2c1. The highest BCUT2D eigenvalue weighted by Gasteiger charge is 2.31. The number of nitrogens with zero attached hydrogens (tertiary/aromatic N) is 1. The highest BCUT2D eigenvalue weighted by Crippen LogP contribution is 2.27. The van der Waals surface area contributed by atoms with E-state index in [1.54, 1.807) is 0 Å². The fraction of sp³-hybridized carbons (Fsp3) is 0.438. The Balaban J connectivity index is 1.93. The lowest BCUT2D eigenvalue weighted by molar-refractivity contribution is -0.0327. The number of hydrogen-bond donors (Lipinski definition) is 2. The van der Waals surface area contributed by atoms with Crippen molar-refractivity contribution in [3.8, 4) is 0 Å². The fourth-order valence-corrected chi connectivity index (χ4v) is 2.78. The average molecular weight is 289 g/mol. The van der Waals surface area contributed by atoms with E-state index in [-0.39, 0.29) is 12.5 Å². The second-order valence-corrected chi connectivity index (χ2v) is 5.73. The summed E-state index contributed by atoms with van der Waals surface area (Å²) in [5, 5.41) is 20.2. The van der Waals surface area contributed by atoms with Gasteiger partial charge in [0.2, 0.25) is 0 Å². The molecule has 2 aromatic rings. The molecule has 2 N–H and O–H groups in total. The van der Waals surface area contributed by atoms with Crippen molar-refractivity contribution in [1.29, 1.82) is 0 Å². The summed E-state index contributed by atoms with van der Waals surface area (Å²) >= 11 is 0. The molecule has 1 amide bonds. The lowest BCUT2D eigenvalue weighted by Crippen LogP contribution is -2.49. The van der Waals surface area contributed by atoms with Crippen molar-refractivity contribution in [3.05, 3.63) is 35.1 Å². The standard InChI is InChI=1S/C16H19NO4/c1-9-3-4-11-10(2)15(21-14(11)7-9)16(20)17-6-5-12(18)13(19)8-17/h3-4,7,12-13,18-19H,5-6,8H2,1-2H3/t12-,13-/m0/s1. The number of hydrogen-bond acceptors (Lipinski definition) is 4. The van der Waals surface area contributed by atoms with Gasteiger partial charge in [-0.1, -0.05) is 12.1 Å². The van der Waals surface area contributed by atoms with Gasteiger partial charge < -0.3 is 19.5 Å². The van der Waals surface area contributed by atoms with Crippen LogP contribution in [0.1, 0.15) is 28.1 Å². The van der Waals surface area contributed by atoms with E-state index >= 15 is 0 Å². The maximum Gasteiger partial charge on any atom is 0.289 e. The van der Waals surface area contributed by atoms with Crippen molar-refractivity contribution in [2.45, 2.75) is 32.5 Å². The van der Waals surface area contributed by atoms with E-state index in [0.29, 0.717) is 24.3 Å². The maximum atomic E-state index is 12.6. The predicted octanol–water partition coefficient (Wildman–Crippen LogP) is 1.62. The minimum Gasteiger partial charge on any atom is -0.451 e. The van der Waals surface area contributed by atoms with Crippen molar-refractivity contribution in [2.24, 2.45) is 0 Å². The van der Waals surface area contributed by atoms with Gasteiger partial charge in [-0.15, -0.1) is 0 Å². The second-order valence-electron chi connectivity index (χ2n) is 5.73. The number of carbonyl (C=O) groups excluding carboxylic acids is 1. The molecule has 3 rings (SSSR count). The smallest absolute Gasteiger partial charge is 0.289 e. The first-order chi connectivity index (χ1) is 9.97. The number of β-amino-alcohol motifs (C(OH)–C–C–N with tert-alkyl or cyclic N) is 1. The Kier molecular flexibility index (Phi) is 3.47. The molecule has 1 fully saturated rings. The summed E-state index contributed by atoms with van der Waals surface area (Å²) in [7, 11) is 0. The third-order valence-corrected chi connectivity index (χ3v) is 4.12. The topological polar surface area (TPSA) is 73.9 Å². The van der Waals surface area contributed by atoms with Gasteiger partial charge in [-0.05, 0) is 31.9 Å². The number of carbonyl (C=O) groups is 1. The van der Waals surface area contributed by atoms with Crippen LogP contribution in [0.25, 0.3) is 11.0 Å². The van der Waals surface area contributed by atoms with Gasteiger partial charge in [-0.2, -0.15) is 0 Å². The van der Waals surface area contributed by atoms with Gasteiger partial charge in [0.1, 0.15) is 5.58 Å². The first-order valence-corrected chi connectivity index (χ1v) is 7.12. The molecule has 1 aromatic heterocycles. The Morgan fingerprint density at radius 3 is 2.76 bits per heavy atom. The summed E-state index contributed by atoms with van der Waals surface area (Å²) < 4.78 is 5.72. The number of rotatable bonds is 1. The van der Waals surface area contributed by atoms with Gasteiger partial charge in [0.15, 0.2) is 5.76 Å². The number of likely N-dealkylation sites (tertiary alicyclic amines) is 1. The van der Waals surface area contributed by atoms with Crippen LogP contribution in [0.4, 0.5) is 0 Å². The Bertz CT molecular complexity index is 691. The Morgan fingerprint density at radius 2 is 2.05 bits per heavy atom. The van der Waals surface area contributed by atoms with Crippen molar-refractivity contribution in [1.82, 2.24) is 4.90 Å². The van der Waals surface area contributed by atoms with Crippen molar-refractivity contribution >= 4 is 16.9 Å². The molecule has 2 heterocycles. The molecule has 21 heavy (non-hydrogen) atoms. The molecule has 1 saturated heterocycles. The minimum atomic E-state index is -0.894. The largest absolute Gasteiger partial charge is 0.451 e. The monoisotopic (exact) mass is 289 g/mol. The van der Waals surface area contributed by atoms with Crippen LogP contribution in [0.5, 0.6) is 0 Å². The molecule has 1 aliphatic rings. The normalized spacial score (nSPS) is 22.8. The third kappa shape index (κ3) is 2.43. The van der Waals surface area contributed by atoms with Crippen LogP contribution >= 0.6 is 0 Å². The van der Waals surface area contributed by atoms with Crippen LogP contribution in [0.15, 0.2) is 22.6 Å². The van der Waals surface area contributed by atoms with Gasteiger partial charge in [0.05, 0.1) is 12.2 Å². The number of fused-ring (bicyclic) bond motifs is 1. The lowest BCUT2D eigenvalue weighted by Gasteiger charge is -2.32. The molecule has 1 aromatic carbocycles. The Morgan fingerprint density at radius 1 is 1.29 bits per heavy atom. The van der Waals surface area contributed by atoms with Crippen LogP contribution in [0.2, 0.25) is 0 Å². The van der Waals surface area contributed by atoms with Crippen LogP contribution in [-0.2, 0) is 0 Å². The van der Waals surface area contributed by atoms with Gasteiger partial charge >= 0.3 is 0 Å². The summed E-state index contributed by atoms with van der Waals surface area (Å²) in [6, 6.07) is 5.85. The number of furan rings is 1. The Hall–Kier alpha value is -1.85. The van der Waals surface area contributed by atoms with Gasteiger partial charge in [0.25, 0.3) is 5.91 Å². The van der Waals surface area contributed by atoms with Gasteiger partial charge in [-0.25, -0.2) is 0 Å². The maximum absolute atomic E-state index is 12.6. The number of amides is 1. The number of benzene rings is 1. The molecule has 0 bridgehead atoms. The van der Waals surface area contributed by atoms with E-state index in [1.807, 2.05) is 32.0 Å². The minimum absolute atomic E-state index is 0.134. The number of aliphatic hydroxyl groups excluding tert-OH is 2. The zero-order valence-electron chi connectivity index (χ0n) is 12.2. The molecular weight excluding hydrogens is 270 g/mol. The summed E-state index contributed by atoms with van der Waals surface area (Å²) in [5.41, 5.74) is 2.59. The van der Waals surface area contributed by atoms with Crippen LogP contribution in [-0.4, -0.2) is 46.3 Å². The van der Waals surface area contributed by atoms with E-state index in [4.69, 9.17) is 4.42 Å². The van der Waals surface area contributed by atoms with Gasteiger partial charge in [0, 0.05) is 24.0 Å². The summed E-state index contributed by atoms with van der Waals surface area (Å²) in [4.78, 5) is 14.1. The zero-order valence-corrected chi connectivity index (χ0v) is 12.2. The first-order valence-electron chi connectivity index (χ1n) is 7.12. The zero-order chi connectivity index (χ0) is 15.1. The molecular formula is C16H19NO4. The van der Waals surface area contributed by atoms with Crippen molar-refractivity contribution in [3.63, 3.8) is 0 Å². The molecule has 112 valence electrons. The summed E-state index contributed by atoms with van der Waals surface area (Å²) in [6.07, 6.45) is -1.27. The van der Waals surface area contributed by atoms with E-state index in [1.165, 1.54) is 4.90 Å². The van der Waals surface area contributed by atoms with Crippen LogP contribution < -0.4 is 0 Å². The molecule has 5 nitrogen and oxygen atoms in total. The lowest BCUT2D eigenvalue weighted by atomic mass is 10.0. The van der Waals surface area contributed by atoms with Crippen LogP contribution in [0.3, 0.4) is 0 Å². The summed E-state index contributed by atoms with van der Waals surface area (Å²) in [6.45, 7) is 4.40. The van der Waals surface area contributed by atoms with E-state index in [9.17, 15) is 15.0 Å². The molecule has 0 radical (unpaired) electrons. The highest BCUT2D eigenvalue weighted by molar-refractivity contribution is 5.99. The van der Waals surface area contributed by atoms with Gasteiger partial charge in [-0.3, -0.25) is 4.79 Å².